The third-order valence-electron chi connectivity index (χ3n) is 5.00. The van der Waals surface area contributed by atoms with Crippen molar-refractivity contribution in [2.75, 3.05) is 26.2 Å². The average molecular weight is 262 g/mol. The first-order valence-corrected chi connectivity index (χ1v) is 7.74. The first-order chi connectivity index (χ1) is 9.30. The van der Waals surface area contributed by atoms with Crippen LogP contribution in [-0.4, -0.2) is 46.2 Å². The van der Waals surface area contributed by atoms with Crippen molar-refractivity contribution in [3.63, 3.8) is 0 Å². The van der Waals surface area contributed by atoms with Gasteiger partial charge in [0.25, 0.3) is 0 Å². The Morgan fingerprint density at radius 2 is 2.11 bits per heavy atom. The molecule has 0 radical (unpaired) electrons. The van der Waals surface area contributed by atoms with Crippen molar-refractivity contribution in [1.82, 2.24) is 19.8 Å². The zero-order chi connectivity index (χ0) is 13.1. The highest BCUT2D eigenvalue weighted by Crippen LogP contribution is 2.34. The lowest BCUT2D eigenvalue weighted by Crippen LogP contribution is -2.62. The summed E-state index contributed by atoms with van der Waals surface area (Å²) in [6, 6.07) is 0. The van der Waals surface area contributed by atoms with Crippen molar-refractivity contribution >= 4 is 0 Å². The van der Waals surface area contributed by atoms with Crippen LogP contribution in [0, 0.1) is 6.92 Å². The molecule has 4 nitrogen and oxygen atoms in total. The third kappa shape index (κ3) is 2.70. The Bertz CT molecular complexity index is 398. The zero-order valence-corrected chi connectivity index (χ0v) is 12.1. The number of imidazole rings is 1. The third-order valence-corrected chi connectivity index (χ3v) is 5.00. The molecule has 0 aromatic carbocycles. The number of aromatic nitrogens is 2. The second-order valence-corrected chi connectivity index (χ2v) is 6.12. The first-order valence-electron chi connectivity index (χ1n) is 7.74. The number of rotatable bonds is 3. The van der Waals surface area contributed by atoms with Crippen LogP contribution in [-0.2, 0) is 6.54 Å². The maximum atomic E-state index is 4.32. The molecule has 0 bridgehead atoms. The van der Waals surface area contributed by atoms with Crippen molar-refractivity contribution in [1.29, 1.82) is 0 Å². The highest BCUT2D eigenvalue weighted by molar-refractivity contribution is 4.98. The zero-order valence-electron chi connectivity index (χ0n) is 12.1. The van der Waals surface area contributed by atoms with Crippen LogP contribution in [0.2, 0.25) is 0 Å². The SMILES string of the molecule is Cc1nccn1CCN1CCNCC12CCCCC2. The molecule has 1 spiro atoms. The number of nitrogens with zero attached hydrogens (tertiary/aromatic N) is 3. The molecule has 19 heavy (non-hydrogen) atoms. The number of hydrogen-bond acceptors (Lipinski definition) is 3. The van der Waals surface area contributed by atoms with E-state index in [0.717, 1.165) is 18.9 Å². The molecule has 2 heterocycles. The number of piperazine rings is 1. The summed E-state index contributed by atoms with van der Waals surface area (Å²) in [4.78, 5) is 7.07. The van der Waals surface area contributed by atoms with E-state index in [1.54, 1.807) is 0 Å². The topological polar surface area (TPSA) is 33.1 Å². The van der Waals surface area contributed by atoms with Crippen molar-refractivity contribution in [2.24, 2.45) is 0 Å². The van der Waals surface area contributed by atoms with Crippen molar-refractivity contribution in [3.05, 3.63) is 18.2 Å². The predicted molar refractivity (Wildman–Crippen MR) is 77.2 cm³/mol. The highest BCUT2D eigenvalue weighted by atomic mass is 15.3. The maximum absolute atomic E-state index is 4.32. The fourth-order valence-electron chi connectivity index (χ4n) is 3.80. The van der Waals surface area contributed by atoms with Crippen LogP contribution >= 0.6 is 0 Å². The van der Waals surface area contributed by atoms with Gasteiger partial charge in [-0.2, -0.15) is 0 Å². The van der Waals surface area contributed by atoms with Crippen LogP contribution in [0.4, 0.5) is 0 Å². The highest BCUT2D eigenvalue weighted by Gasteiger charge is 2.39. The van der Waals surface area contributed by atoms with Crippen LogP contribution in [0.1, 0.15) is 37.9 Å². The maximum Gasteiger partial charge on any atom is 0.105 e. The Hall–Kier alpha value is -0.870. The van der Waals surface area contributed by atoms with Gasteiger partial charge in [-0.25, -0.2) is 4.98 Å². The molecule has 1 N–H and O–H groups in total. The van der Waals surface area contributed by atoms with E-state index in [4.69, 9.17) is 0 Å². The Labute approximate surface area is 116 Å². The van der Waals surface area contributed by atoms with Gasteiger partial charge in [-0.15, -0.1) is 0 Å². The number of hydrogen-bond donors (Lipinski definition) is 1. The van der Waals surface area contributed by atoms with Gasteiger partial charge < -0.3 is 9.88 Å². The number of aryl methyl sites for hydroxylation is 1. The van der Waals surface area contributed by atoms with E-state index >= 15 is 0 Å². The monoisotopic (exact) mass is 262 g/mol. The molecule has 0 atom stereocenters. The summed E-state index contributed by atoms with van der Waals surface area (Å²) < 4.78 is 2.28. The van der Waals surface area contributed by atoms with Crippen LogP contribution in [0.5, 0.6) is 0 Å². The molecule has 1 aliphatic carbocycles. The van der Waals surface area contributed by atoms with E-state index in [1.165, 1.54) is 51.7 Å². The van der Waals surface area contributed by atoms with Crippen LogP contribution in [0.15, 0.2) is 12.4 Å². The molecular formula is C15H26N4. The van der Waals surface area contributed by atoms with Crippen molar-refractivity contribution in [3.8, 4) is 0 Å². The molecule has 0 amide bonds. The van der Waals surface area contributed by atoms with E-state index < -0.39 is 0 Å². The molecule has 1 saturated carbocycles. The molecule has 106 valence electrons. The lowest BCUT2D eigenvalue weighted by molar-refractivity contribution is 0.0249. The summed E-state index contributed by atoms with van der Waals surface area (Å²) >= 11 is 0. The first kappa shape index (κ1) is 13.1. The van der Waals surface area contributed by atoms with Gasteiger partial charge in [0.2, 0.25) is 0 Å². The van der Waals surface area contributed by atoms with Crippen molar-refractivity contribution < 1.29 is 0 Å². The summed E-state index contributed by atoms with van der Waals surface area (Å²) in [5, 5.41) is 3.62. The second kappa shape index (κ2) is 5.63. The summed E-state index contributed by atoms with van der Waals surface area (Å²) in [5.41, 5.74) is 0.449. The van der Waals surface area contributed by atoms with Gasteiger partial charge >= 0.3 is 0 Å². The summed E-state index contributed by atoms with van der Waals surface area (Å²) in [6.07, 6.45) is 11.0. The van der Waals surface area contributed by atoms with Crippen molar-refractivity contribution in [2.45, 2.75) is 51.1 Å². The minimum atomic E-state index is 0.449. The lowest BCUT2D eigenvalue weighted by atomic mass is 9.79. The van der Waals surface area contributed by atoms with Gasteiger partial charge in [0.15, 0.2) is 0 Å². The van der Waals surface area contributed by atoms with E-state index in [1.807, 2.05) is 6.20 Å². The number of nitrogens with one attached hydrogen (secondary N) is 1. The van der Waals surface area contributed by atoms with Gasteiger partial charge in [-0.05, 0) is 19.8 Å². The lowest BCUT2D eigenvalue weighted by Gasteiger charge is -2.50. The van der Waals surface area contributed by atoms with E-state index in [2.05, 4.69) is 32.9 Å². The minimum absolute atomic E-state index is 0.449. The van der Waals surface area contributed by atoms with Crippen LogP contribution in [0.3, 0.4) is 0 Å². The molecule has 3 rings (SSSR count). The van der Waals surface area contributed by atoms with Crippen LogP contribution in [0.25, 0.3) is 0 Å². The van der Waals surface area contributed by atoms with E-state index in [9.17, 15) is 0 Å². The predicted octanol–water partition coefficient (Wildman–Crippen LogP) is 1.80. The fourth-order valence-corrected chi connectivity index (χ4v) is 3.80. The van der Waals surface area contributed by atoms with Gasteiger partial charge in [0.05, 0.1) is 0 Å². The molecule has 1 aliphatic heterocycles. The Balaban J connectivity index is 1.65. The standard InChI is InChI=1S/C15H26N4/c1-14-17-8-9-18(14)11-12-19-10-7-16-13-15(19)5-3-2-4-6-15/h8-9,16H,2-7,10-13H2,1H3. The molecular weight excluding hydrogens is 236 g/mol. The molecule has 1 aromatic rings. The van der Waals surface area contributed by atoms with E-state index in [-0.39, 0.29) is 0 Å². The largest absolute Gasteiger partial charge is 0.334 e. The smallest absolute Gasteiger partial charge is 0.105 e. The molecule has 0 unspecified atom stereocenters. The molecule has 2 fully saturated rings. The van der Waals surface area contributed by atoms with E-state index in [0.29, 0.717) is 5.54 Å². The van der Waals surface area contributed by atoms with Crippen LogP contribution < -0.4 is 5.32 Å². The van der Waals surface area contributed by atoms with Gasteiger partial charge in [0.1, 0.15) is 5.82 Å². The molecule has 1 saturated heterocycles. The second-order valence-electron chi connectivity index (χ2n) is 6.12. The molecule has 2 aliphatic rings. The Morgan fingerprint density at radius 1 is 1.26 bits per heavy atom. The summed E-state index contributed by atoms with van der Waals surface area (Å²) in [5.74, 6) is 1.13. The summed E-state index contributed by atoms with van der Waals surface area (Å²) in [7, 11) is 0. The Morgan fingerprint density at radius 3 is 2.84 bits per heavy atom. The minimum Gasteiger partial charge on any atom is -0.334 e. The average Bonchev–Trinajstić information content (AvgIpc) is 2.84. The molecule has 4 heteroatoms. The van der Waals surface area contributed by atoms with Gasteiger partial charge in [-0.1, -0.05) is 19.3 Å². The fraction of sp³-hybridized carbons (Fsp3) is 0.800. The normalized spacial score (nSPS) is 23.8. The van der Waals surface area contributed by atoms with Gasteiger partial charge in [0, 0.05) is 50.7 Å². The van der Waals surface area contributed by atoms with Gasteiger partial charge in [-0.3, -0.25) is 4.90 Å². The Kier molecular flexibility index (Phi) is 3.89. The quantitative estimate of drug-likeness (QED) is 0.901. The molecule has 1 aromatic heterocycles. The summed E-state index contributed by atoms with van der Waals surface area (Å²) in [6.45, 7) is 7.87.